The summed E-state index contributed by atoms with van der Waals surface area (Å²) in [5.74, 6) is -0.907. The third kappa shape index (κ3) is 4.21. The van der Waals surface area contributed by atoms with E-state index >= 15 is 0 Å². The van der Waals surface area contributed by atoms with E-state index < -0.39 is 5.97 Å². The summed E-state index contributed by atoms with van der Waals surface area (Å²) < 4.78 is 0. The Morgan fingerprint density at radius 3 is 2.60 bits per heavy atom. The Labute approximate surface area is 94.0 Å². The minimum Gasteiger partial charge on any atom is -0.478 e. The van der Waals surface area contributed by atoms with Gasteiger partial charge in [0.05, 0.1) is 0 Å². The van der Waals surface area contributed by atoms with Gasteiger partial charge in [0.15, 0.2) is 0 Å². The van der Waals surface area contributed by atoms with Crippen molar-refractivity contribution in [2.75, 3.05) is 0 Å². The normalized spacial score (nSPS) is 12.1. The third-order valence-electron chi connectivity index (χ3n) is 1.92. The SMILES string of the molecule is C=C(CC(C)Sc1ccccc1)C(=O)O. The molecule has 0 aromatic heterocycles. The Kier molecular flexibility index (Phi) is 4.43. The van der Waals surface area contributed by atoms with E-state index in [0.29, 0.717) is 6.42 Å². The van der Waals surface area contributed by atoms with Crippen molar-refractivity contribution in [3.63, 3.8) is 0 Å². The minimum absolute atomic E-state index is 0.232. The first-order chi connectivity index (χ1) is 7.09. The lowest BCUT2D eigenvalue weighted by Gasteiger charge is -2.10. The molecule has 1 N–H and O–H groups in total. The van der Waals surface area contributed by atoms with Crippen LogP contribution in [0, 0.1) is 0 Å². The van der Waals surface area contributed by atoms with Crippen LogP contribution in [0.1, 0.15) is 13.3 Å². The summed E-state index contributed by atoms with van der Waals surface area (Å²) in [6.45, 7) is 5.53. The topological polar surface area (TPSA) is 37.3 Å². The highest BCUT2D eigenvalue weighted by atomic mass is 32.2. The largest absolute Gasteiger partial charge is 0.478 e. The summed E-state index contributed by atoms with van der Waals surface area (Å²) in [5.41, 5.74) is 0.269. The van der Waals surface area contributed by atoms with Crippen molar-refractivity contribution < 1.29 is 9.90 Å². The highest BCUT2D eigenvalue weighted by molar-refractivity contribution is 8.00. The predicted molar refractivity (Wildman–Crippen MR) is 63.2 cm³/mol. The van der Waals surface area contributed by atoms with E-state index in [0.717, 1.165) is 4.90 Å². The van der Waals surface area contributed by atoms with Crippen LogP contribution in [0.4, 0.5) is 0 Å². The van der Waals surface area contributed by atoms with Gasteiger partial charge in [-0.1, -0.05) is 31.7 Å². The molecule has 0 aliphatic heterocycles. The second kappa shape index (κ2) is 5.61. The van der Waals surface area contributed by atoms with Gasteiger partial charge in [-0.2, -0.15) is 0 Å². The molecular weight excluding hydrogens is 208 g/mol. The van der Waals surface area contributed by atoms with E-state index in [1.165, 1.54) is 0 Å². The fourth-order valence-corrected chi connectivity index (χ4v) is 2.27. The summed E-state index contributed by atoms with van der Waals surface area (Å²) in [7, 11) is 0. The highest BCUT2D eigenvalue weighted by Crippen LogP contribution is 2.26. The van der Waals surface area contributed by atoms with Crippen LogP contribution in [-0.2, 0) is 4.79 Å². The molecule has 0 heterocycles. The first-order valence-corrected chi connectivity index (χ1v) is 5.60. The van der Waals surface area contributed by atoms with Crippen molar-refractivity contribution in [1.29, 1.82) is 0 Å². The summed E-state index contributed by atoms with van der Waals surface area (Å²) in [6, 6.07) is 9.95. The molecule has 0 saturated heterocycles. The summed E-state index contributed by atoms with van der Waals surface area (Å²) in [5, 5.41) is 8.92. The van der Waals surface area contributed by atoms with E-state index in [1.807, 2.05) is 37.3 Å². The number of rotatable bonds is 5. The number of hydrogen-bond acceptors (Lipinski definition) is 2. The Balaban J connectivity index is 2.46. The van der Waals surface area contributed by atoms with Crippen LogP contribution in [0.15, 0.2) is 47.4 Å². The molecule has 80 valence electrons. The number of carboxylic acid groups (broad SMARTS) is 1. The maximum Gasteiger partial charge on any atom is 0.330 e. The lowest BCUT2D eigenvalue weighted by atomic mass is 10.2. The summed E-state index contributed by atoms with van der Waals surface area (Å²) in [4.78, 5) is 11.7. The quantitative estimate of drug-likeness (QED) is 0.614. The number of hydrogen-bond donors (Lipinski definition) is 1. The van der Waals surface area contributed by atoms with Crippen LogP contribution >= 0.6 is 11.8 Å². The monoisotopic (exact) mass is 222 g/mol. The Bertz CT molecular complexity index is 346. The Morgan fingerprint density at radius 1 is 1.47 bits per heavy atom. The smallest absolute Gasteiger partial charge is 0.330 e. The molecule has 0 fully saturated rings. The Morgan fingerprint density at radius 2 is 2.07 bits per heavy atom. The van der Waals surface area contributed by atoms with Crippen molar-refractivity contribution in [2.45, 2.75) is 23.5 Å². The molecule has 0 aliphatic carbocycles. The fourth-order valence-electron chi connectivity index (χ4n) is 1.21. The molecule has 1 aromatic rings. The summed E-state index contributed by atoms with van der Waals surface area (Å²) in [6.07, 6.45) is 0.509. The van der Waals surface area contributed by atoms with Gasteiger partial charge in [0, 0.05) is 15.7 Å². The molecule has 15 heavy (non-hydrogen) atoms. The second-order valence-corrected chi connectivity index (χ2v) is 4.87. The molecule has 0 aliphatic rings. The van der Waals surface area contributed by atoms with Crippen LogP contribution in [0.2, 0.25) is 0 Å². The van der Waals surface area contributed by atoms with Crippen molar-refractivity contribution in [2.24, 2.45) is 0 Å². The standard InChI is InChI=1S/C12H14O2S/c1-9(12(13)14)8-10(2)15-11-6-4-3-5-7-11/h3-7,10H,1,8H2,2H3,(H,13,14). The van der Waals surface area contributed by atoms with Gasteiger partial charge in [-0.25, -0.2) is 4.79 Å². The molecule has 0 spiro atoms. The second-order valence-electron chi connectivity index (χ2n) is 3.35. The van der Waals surface area contributed by atoms with E-state index in [9.17, 15) is 4.79 Å². The predicted octanol–water partition coefficient (Wildman–Crippen LogP) is 3.20. The third-order valence-corrected chi connectivity index (χ3v) is 3.03. The van der Waals surface area contributed by atoms with Crippen LogP contribution < -0.4 is 0 Å². The van der Waals surface area contributed by atoms with Crippen molar-refractivity contribution >= 4 is 17.7 Å². The molecule has 0 amide bonds. The fraction of sp³-hybridized carbons (Fsp3) is 0.250. The zero-order valence-electron chi connectivity index (χ0n) is 8.64. The summed E-state index contributed by atoms with van der Waals surface area (Å²) >= 11 is 1.67. The number of aliphatic carboxylic acids is 1. The van der Waals surface area contributed by atoms with E-state index in [2.05, 4.69) is 6.58 Å². The van der Waals surface area contributed by atoms with Crippen molar-refractivity contribution in [3.05, 3.63) is 42.5 Å². The van der Waals surface area contributed by atoms with Crippen molar-refractivity contribution in [3.8, 4) is 0 Å². The van der Waals surface area contributed by atoms with Gasteiger partial charge in [-0.15, -0.1) is 11.8 Å². The molecule has 0 bridgehead atoms. The maximum absolute atomic E-state index is 10.6. The Hall–Kier alpha value is -1.22. The van der Waals surface area contributed by atoms with E-state index in [-0.39, 0.29) is 10.8 Å². The van der Waals surface area contributed by atoms with Crippen LogP contribution in [0.5, 0.6) is 0 Å². The molecule has 1 aromatic carbocycles. The van der Waals surface area contributed by atoms with Gasteiger partial charge in [0.2, 0.25) is 0 Å². The molecule has 1 atom stereocenters. The van der Waals surface area contributed by atoms with Gasteiger partial charge in [-0.3, -0.25) is 0 Å². The highest BCUT2D eigenvalue weighted by Gasteiger charge is 2.10. The van der Waals surface area contributed by atoms with Crippen LogP contribution in [0.3, 0.4) is 0 Å². The molecule has 1 rings (SSSR count). The first-order valence-electron chi connectivity index (χ1n) is 4.72. The molecule has 1 unspecified atom stereocenters. The molecule has 2 nitrogen and oxygen atoms in total. The van der Waals surface area contributed by atoms with Crippen molar-refractivity contribution in [1.82, 2.24) is 0 Å². The van der Waals surface area contributed by atoms with Gasteiger partial charge in [0.1, 0.15) is 0 Å². The average molecular weight is 222 g/mol. The number of carbonyl (C=O) groups is 1. The number of benzene rings is 1. The molecular formula is C12H14O2S. The zero-order valence-corrected chi connectivity index (χ0v) is 9.46. The first kappa shape index (κ1) is 11.9. The zero-order chi connectivity index (χ0) is 11.3. The number of carboxylic acids is 1. The maximum atomic E-state index is 10.6. The van der Waals surface area contributed by atoms with Gasteiger partial charge >= 0.3 is 5.97 Å². The van der Waals surface area contributed by atoms with E-state index in [4.69, 9.17) is 5.11 Å². The molecule has 3 heteroatoms. The van der Waals surface area contributed by atoms with Crippen LogP contribution in [-0.4, -0.2) is 16.3 Å². The lowest BCUT2D eigenvalue weighted by Crippen LogP contribution is -2.05. The number of thioether (sulfide) groups is 1. The van der Waals surface area contributed by atoms with Gasteiger partial charge < -0.3 is 5.11 Å². The average Bonchev–Trinajstić information content (AvgIpc) is 2.18. The van der Waals surface area contributed by atoms with E-state index in [1.54, 1.807) is 11.8 Å². The van der Waals surface area contributed by atoms with Crippen LogP contribution in [0.25, 0.3) is 0 Å². The molecule has 0 saturated carbocycles. The van der Waals surface area contributed by atoms with Gasteiger partial charge in [0.25, 0.3) is 0 Å². The molecule has 0 radical (unpaired) electrons. The lowest BCUT2D eigenvalue weighted by molar-refractivity contribution is -0.132. The minimum atomic E-state index is -0.907. The van der Waals surface area contributed by atoms with Gasteiger partial charge in [-0.05, 0) is 18.6 Å².